The minimum Gasteiger partial charge on any atom is -0.489 e. The number of hydrogen-bond acceptors (Lipinski definition) is 5. The third-order valence-electron chi connectivity index (χ3n) is 5.18. The Kier molecular flexibility index (Phi) is 4.87. The van der Waals surface area contributed by atoms with Crippen LogP contribution < -0.4 is 10.1 Å². The Morgan fingerprint density at radius 2 is 2.18 bits per heavy atom. The number of aliphatic hydroxyl groups excluding tert-OH is 1. The van der Waals surface area contributed by atoms with Crippen LogP contribution >= 0.6 is 0 Å². The molecule has 3 aromatic rings. The van der Waals surface area contributed by atoms with E-state index in [4.69, 9.17) is 14.9 Å². The fraction of sp³-hybridized carbons (Fsp3) is 0.350. The lowest BCUT2D eigenvalue weighted by Gasteiger charge is -2.33. The molecule has 2 heterocycles. The summed E-state index contributed by atoms with van der Waals surface area (Å²) < 4.78 is 7.74. The van der Waals surface area contributed by atoms with Crippen LogP contribution in [0.25, 0.3) is 16.8 Å². The molecule has 1 fully saturated rings. The van der Waals surface area contributed by atoms with E-state index in [0.29, 0.717) is 5.92 Å². The van der Waals surface area contributed by atoms with Gasteiger partial charge in [0.2, 0.25) is 0 Å². The smallest absolute Gasteiger partial charge is 0.404 e. The van der Waals surface area contributed by atoms with E-state index in [1.54, 1.807) is 4.52 Å². The highest BCUT2D eigenvalue weighted by atomic mass is 16.5. The molecule has 1 aromatic carbocycles. The van der Waals surface area contributed by atoms with Gasteiger partial charge in [-0.05, 0) is 42.9 Å². The SMILES string of the molecule is Cc1cc(-c2ncnn3cc(OC4CC(CO)C4)cc23)ccc1CNC(=O)O. The van der Waals surface area contributed by atoms with Gasteiger partial charge >= 0.3 is 6.09 Å². The molecule has 0 radical (unpaired) electrons. The number of amides is 1. The number of hydrogen-bond donors (Lipinski definition) is 3. The van der Waals surface area contributed by atoms with Gasteiger partial charge in [-0.15, -0.1) is 0 Å². The molecule has 0 atom stereocenters. The number of carboxylic acid groups (broad SMARTS) is 1. The van der Waals surface area contributed by atoms with Gasteiger partial charge in [0.05, 0.1) is 23.5 Å². The summed E-state index contributed by atoms with van der Waals surface area (Å²) >= 11 is 0. The third-order valence-corrected chi connectivity index (χ3v) is 5.18. The summed E-state index contributed by atoms with van der Waals surface area (Å²) in [6.07, 6.45) is 4.17. The number of rotatable bonds is 6. The fourth-order valence-electron chi connectivity index (χ4n) is 3.52. The molecule has 3 N–H and O–H groups in total. The van der Waals surface area contributed by atoms with Crippen molar-refractivity contribution in [3.63, 3.8) is 0 Å². The fourth-order valence-corrected chi connectivity index (χ4v) is 3.52. The van der Waals surface area contributed by atoms with Crippen LogP contribution in [0, 0.1) is 12.8 Å². The van der Waals surface area contributed by atoms with Crippen LogP contribution in [0.5, 0.6) is 5.75 Å². The summed E-state index contributed by atoms with van der Waals surface area (Å²) in [4.78, 5) is 15.1. The first kappa shape index (κ1) is 18.2. The normalized spacial score (nSPS) is 18.6. The van der Waals surface area contributed by atoms with Crippen molar-refractivity contribution in [1.82, 2.24) is 19.9 Å². The molecule has 0 unspecified atom stereocenters. The van der Waals surface area contributed by atoms with Crippen molar-refractivity contribution in [2.24, 2.45) is 5.92 Å². The van der Waals surface area contributed by atoms with Crippen LogP contribution in [-0.4, -0.2) is 43.6 Å². The van der Waals surface area contributed by atoms with Crippen LogP contribution in [-0.2, 0) is 6.54 Å². The zero-order chi connectivity index (χ0) is 19.7. The Labute approximate surface area is 161 Å². The Balaban J connectivity index is 1.58. The van der Waals surface area contributed by atoms with Gasteiger partial charge in [-0.3, -0.25) is 0 Å². The quantitative estimate of drug-likeness (QED) is 0.605. The molecule has 1 aliphatic rings. The van der Waals surface area contributed by atoms with Crippen molar-refractivity contribution in [1.29, 1.82) is 0 Å². The topological polar surface area (TPSA) is 109 Å². The Bertz CT molecular complexity index is 1010. The van der Waals surface area contributed by atoms with Crippen molar-refractivity contribution in [2.45, 2.75) is 32.4 Å². The minimum atomic E-state index is -1.04. The van der Waals surface area contributed by atoms with Crippen molar-refractivity contribution in [2.75, 3.05) is 6.61 Å². The minimum absolute atomic E-state index is 0.134. The predicted octanol–water partition coefficient (Wildman–Crippen LogP) is 2.62. The first-order valence-corrected chi connectivity index (χ1v) is 9.21. The van der Waals surface area contributed by atoms with E-state index in [1.807, 2.05) is 37.4 Å². The molecule has 2 aromatic heterocycles. The summed E-state index contributed by atoms with van der Waals surface area (Å²) in [7, 11) is 0. The first-order valence-electron chi connectivity index (χ1n) is 9.21. The molecule has 1 aliphatic carbocycles. The number of aromatic nitrogens is 3. The van der Waals surface area contributed by atoms with Gasteiger partial charge in [0, 0.05) is 24.8 Å². The number of carbonyl (C=O) groups is 1. The van der Waals surface area contributed by atoms with E-state index in [9.17, 15) is 4.79 Å². The molecule has 0 spiro atoms. The van der Waals surface area contributed by atoms with E-state index >= 15 is 0 Å². The second-order valence-corrected chi connectivity index (χ2v) is 7.17. The van der Waals surface area contributed by atoms with Crippen LogP contribution in [0.3, 0.4) is 0 Å². The van der Waals surface area contributed by atoms with E-state index < -0.39 is 6.09 Å². The van der Waals surface area contributed by atoms with Crippen LogP contribution in [0.15, 0.2) is 36.8 Å². The highest BCUT2D eigenvalue weighted by molar-refractivity contribution is 5.78. The maximum Gasteiger partial charge on any atom is 0.404 e. The average molecular weight is 382 g/mol. The van der Waals surface area contributed by atoms with Gasteiger partial charge < -0.3 is 20.3 Å². The van der Waals surface area contributed by atoms with Crippen molar-refractivity contribution >= 4 is 11.6 Å². The molecule has 0 bridgehead atoms. The number of aliphatic hydroxyl groups is 1. The number of nitrogens with zero attached hydrogens (tertiary/aromatic N) is 3. The number of fused-ring (bicyclic) bond motifs is 1. The molecule has 146 valence electrons. The molecule has 28 heavy (non-hydrogen) atoms. The summed E-state index contributed by atoms with van der Waals surface area (Å²) in [5.74, 6) is 1.08. The Morgan fingerprint density at radius 3 is 2.89 bits per heavy atom. The summed E-state index contributed by atoms with van der Waals surface area (Å²) in [6.45, 7) is 2.42. The number of benzene rings is 1. The molecule has 1 saturated carbocycles. The molecular weight excluding hydrogens is 360 g/mol. The number of nitrogens with one attached hydrogen (secondary N) is 1. The molecular formula is C20H22N4O4. The molecule has 8 heteroatoms. The monoisotopic (exact) mass is 382 g/mol. The first-order chi connectivity index (χ1) is 13.5. The van der Waals surface area contributed by atoms with Crippen molar-refractivity contribution < 1.29 is 19.7 Å². The standard InChI is InChI=1S/C20H22N4O4/c1-12-4-14(2-3-15(12)8-21-20(26)27)19-18-7-17(9-24(18)23-11-22-19)28-16-5-13(6-16)10-25/h2-4,7,9,11,13,16,21,25H,5-6,8,10H2,1H3,(H,26,27). The van der Waals surface area contributed by atoms with E-state index in [0.717, 1.165) is 46.5 Å². The Hall–Kier alpha value is -3.13. The molecule has 1 amide bonds. The van der Waals surface area contributed by atoms with Crippen molar-refractivity contribution in [3.05, 3.63) is 47.9 Å². The highest BCUT2D eigenvalue weighted by Crippen LogP contribution is 2.33. The maximum atomic E-state index is 10.7. The predicted molar refractivity (Wildman–Crippen MR) is 102 cm³/mol. The molecule has 0 aliphatic heterocycles. The second-order valence-electron chi connectivity index (χ2n) is 7.17. The largest absolute Gasteiger partial charge is 0.489 e. The third kappa shape index (κ3) is 3.63. The molecule has 0 saturated heterocycles. The lowest BCUT2D eigenvalue weighted by atomic mass is 9.83. The van der Waals surface area contributed by atoms with Crippen molar-refractivity contribution in [3.8, 4) is 17.0 Å². The van der Waals surface area contributed by atoms with Gasteiger partial charge in [-0.25, -0.2) is 14.3 Å². The molecule has 4 rings (SSSR count). The van der Waals surface area contributed by atoms with Crippen LogP contribution in [0.2, 0.25) is 0 Å². The lowest BCUT2D eigenvalue weighted by molar-refractivity contribution is 0.0325. The zero-order valence-corrected chi connectivity index (χ0v) is 15.5. The van der Waals surface area contributed by atoms with E-state index in [-0.39, 0.29) is 19.3 Å². The number of aryl methyl sites for hydroxylation is 1. The number of ether oxygens (including phenoxy) is 1. The van der Waals surface area contributed by atoms with E-state index in [1.165, 1.54) is 6.33 Å². The van der Waals surface area contributed by atoms with Crippen LogP contribution in [0.1, 0.15) is 24.0 Å². The second kappa shape index (κ2) is 7.47. The van der Waals surface area contributed by atoms with Gasteiger partial charge in [-0.1, -0.05) is 12.1 Å². The Morgan fingerprint density at radius 1 is 1.36 bits per heavy atom. The summed E-state index contributed by atoms with van der Waals surface area (Å²) in [6, 6.07) is 7.76. The lowest BCUT2D eigenvalue weighted by Crippen LogP contribution is -2.35. The average Bonchev–Trinajstić information content (AvgIpc) is 3.05. The van der Waals surface area contributed by atoms with Gasteiger partial charge in [0.15, 0.2) is 0 Å². The maximum absolute atomic E-state index is 10.7. The highest BCUT2D eigenvalue weighted by Gasteiger charge is 2.30. The summed E-state index contributed by atoms with van der Waals surface area (Å²) in [5.41, 5.74) is 4.45. The van der Waals surface area contributed by atoms with Gasteiger partial charge in [0.1, 0.15) is 12.1 Å². The van der Waals surface area contributed by atoms with E-state index in [2.05, 4.69) is 15.4 Å². The molecule has 8 nitrogen and oxygen atoms in total. The summed E-state index contributed by atoms with van der Waals surface area (Å²) in [5, 5.41) is 24.6. The van der Waals surface area contributed by atoms with Gasteiger partial charge in [0.25, 0.3) is 0 Å². The van der Waals surface area contributed by atoms with Crippen LogP contribution in [0.4, 0.5) is 4.79 Å². The van der Waals surface area contributed by atoms with Gasteiger partial charge in [-0.2, -0.15) is 5.10 Å². The zero-order valence-electron chi connectivity index (χ0n) is 15.5.